The van der Waals surface area contributed by atoms with Crippen molar-refractivity contribution in [1.82, 2.24) is 0 Å². The zero-order chi connectivity index (χ0) is 46.9. The van der Waals surface area contributed by atoms with Crippen LogP contribution < -0.4 is 0 Å². The number of hydrogen-bond donors (Lipinski definition) is 6. The highest BCUT2D eigenvalue weighted by molar-refractivity contribution is 7.47. The first-order valence-corrected chi connectivity index (χ1v) is 26.3. The van der Waals surface area contributed by atoms with Crippen LogP contribution in [0.2, 0.25) is 0 Å². The normalized spacial score (nSPS) is 22.3. The van der Waals surface area contributed by atoms with E-state index < -0.39 is 63.1 Å². The lowest BCUT2D eigenvalue weighted by Crippen LogP contribution is -2.64. The molecule has 6 atom stereocenters. The second kappa shape index (κ2) is 41.0. The molecule has 13 heteroatoms. The third-order valence-corrected chi connectivity index (χ3v) is 12.0. The lowest BCUT2D eigenvalue weighted by Gasteiger charge is -2.41. The molecule has 0 aromatic carbocycles. The van der Waals surface area contributed by atoms with Gasteiger partial charge in [0.2, 0.25) is 0 Å². The molecular weight excluding hydrogens is 836 g/mol. The predicted octanol–water partition coefficient (Wildman–Crippen LogP) is 10.8. The van der Waals surface area contributed by atoms with E-state index in [1.807, 2.05) is 0 Å². The van der Waals surface area contributed by atoms with Crippen molar-refractivity contribution in [2.24, 2.45) is 0 Å². The van der Waals surface area contributed by atoms with Crippen molar-refractivity contribution in [3.8, 4) is 0 Å². The topological polar surface area (TPSA) is 192 Å². The third-order valence-electron chi connectivity index (χ3n) is 11.1. The van der Waals surface area contributed by atoms with Crippen molar-refractivity contribution < 1.29 is 58.3 Å². The van der Waals surface area contributed by atoms with Gasteiger partial charge < -0.3 is 39.9 Å². The number of aliphatic hydroxyl groups excluding tert-OH is 5. The van der Waals surface area contributed by atoms with Gasteiger partial charge in [-0.15, -0.1) is 0 Å². The highest BCUT2D eigenvalue weighted by Gasteiger charge is 2.51. The van der Waals surface area contributed by atoms with E-state index in [0.29, 0.717) is 13.0 Å². The van der Waals surface area contributed by atoms with Crippen LogP contribution in [0.4, 0.5) is 0 Å². The SMILES string of the molecule is CC/C=C\C/C=C\C/C=C\C/C=C\CCCCC(=O)OC(COCCCCCCCCCCCC/C=C\C/C=C\CCCCCCC)COP(=O)(O)OC1C(O)C(O)C(O)C(O)C1O. The first kappa shape index (κ1) is 59.8. The summed E-state index contributed by atoms with van der Waals surface area (Å²) in [5, 5.41) is 50.2. The molecule has 0 aliphatic heterocycles. The molecule has 12 nitrogen and oxygen atoms in total. The molecule has 0 bridgehead atoms. The van der Waals surface area contributed by atoms with Gasteiger partial charge in [0, 0.05) is 13.0 Å². The van der Waals surface area contributed by atoms with Crippen LogP contribution in [0.25, 0.3) is 0 Å². The van der Waals surface area contributed by atoms with Crippen molar-refractivity contribution in [1.29, 1.82) is 0 Å². The lowest BCUT2D eigenvalue weighted by molar-refractivity contribution is -0.220. The Kier molecular flexibility index (Phi) is 38.3. The fourth-order valence-corrected chi connectivity index (χ4v) is 8.11. The maximum absolute atomic E-state index is 12.8. The van der Waals surface area contributed by atoms with E-state index in [0.717, 1.165) is 77.0 Å². The van der Waals surface area contributed by atoms with Crippen LogP contribution in [0.5, 0.6) is 0 Å². The van der Waals surface area contributed by atoms with Crippen molar-refractivity contribution in [3.05, 3.63) is 72.9 Å². The van der Waals surface area contributed by atoms with Crippen LogP contribution >= 0.6 is 7.82 Å². The minimum absolute atomic E-state index is 0.0991. The van der Waals surface area contributed by atoms with Gasteiger partial charge in [-0.2, -0.15) is 0 Å². The molecule has 1 aliphatic carbocycles. The molecule has 1 rings (SSSR count). The average Bonchev–Trinajstić information content (AvgIpc) is 3.28. The average molecular weight is 925 g/mol. The van der Waals surface area contributed by atoms with Crippen molar-refractivity contribution >= 4 is 13.8 Å². The van der Waals surface area contributed by atoms with Gasteiger partial charge in [-0.1, -0.05) is 164 Å². The van der Waals surface area contributed by atoms with Gasteiger partial charge in [0.05, 0.1) is 13.2 Å². The summed E-state index contributed by atoms with van der Waals surface area (Å²) in [5.41, 5.74) is 0. The Morgan fingerprint density at radius 1 is 0.516 bits per heavy atom. The number of phosphoric ester groups is 1. The highest BCUT2D eigenvalue weighted by Crippen LogP contribution is 2.47. The lowest BCUT2D eigenvalue weighted by atomic mass is 9.85. The number of phosphoric acid groups is 1. The molecule has 370 valence electrons. The van der Waals surface area contributed by atoms with Crippen molar-refractivity contribution in [2.75, 3.05) is 19.8 Å². The molecule has 64 heavy (non-hydrogen) atoms. The molecule has 0 saturated heterocycles. The molecule has 0 heterocycles. The number of aliphatic hydroxyl groups is 5. The van der Waals surface area contributed by atoms with Gasteiger partial charge in [-0.05, 0) is 83.5 Å². The second-order valence-electron chi connectivity index (χ2n) is 16.9. The Hall–Kier alpha value is -2.22. The number of ether oxygens (including phenoxy) is 2. The standard InChI is InChI=1S/C51H89O12P/c1-3-5-7-9-11-13-15-17-19-20-21-22-23-24-25-27-29-31-33-35-37-39-41-60-42-44(43-61-64(58,59)63-51-49(56)47(54)46(53)48(55)50(51)57)62-45(52)40-38-36-34-32-30-28-26-18-16-14-12-10-8-6-4-2/h6,8,12,14-15,17-18,20-21,26,30,32,44,46-51,53-57H,3-5,7,9-11,13,16,19,22-25,27-29,31,33-43H2,1-2H3,(H,58,59)/b8-6-,14-12-,17-15-,21-20-,26-18-,32-30-. The largest absolute Gasteiger partial charge is 0.472 e. The number of carbonyl (C=O) groups is 1. The minimum Gasteiger partial charge on any atom is -0.457 e. The van der Waals surface area contributed by atoms with Crippen LogP contribution in [0.3, 0.4) is 0 Å². The molecule has 0 radical (unpaired) electrons. The van der Waals surface area contributed by atoms with Crippen LogP contribution in [-0.4, -0.2) is 98.9 Å². The Bertz CT molecular complexity index is 1330. The van der Waals surface area contributed by atoms with E-state index in [4.69, 9.17) is 18.5 Å². The fourth-order valence-electron chi connectivity index (χ4n) is 7.14. The van der Waals surface area contributed by atoms with Gasteiger partial charge in [0.15, 0.2) is 0 Å². The van der Waals surface area contributed by atoms with Gasteiger partial charge in [0.1, 0.15) is 42.7 Å². The number of allylic oxidation sites excluding steroid dienone is 12. The van der Waals surface area contributed by atoms with Gasteiger partial charge in [-0.3, -0.25) is 13.8 Å². The zero-order valence-electron chi connectivity index (χ0n) is 39.6. The van der Waals surface area contributed by atoms with E-state index in [1.54, 1.807) is 0 Å². The molecule has 6 N–H and O–H groups in total. The molecule has 1 saturated carbocycles. The van der Waals surface area contributed by atoms with Crippen LogP contribution in [0.1, 0.15) is 181 Å². The summed E-state index contributed by atoms with van der Waals surface area (Å²) < 4.78 is 34.2. The molecule has 6 unspecified atom stereocenters. The number of esters is 1. The fraction of sp³-hybridized carbons (Fsp3) is 0.745. The Labute approximate surface area is 387 Å². The second-order valence-corrected chi connectivity index (χ2v) is 18.3. The Morgan fingerprint density at radius 2 is 0.922 bits per heavy atom. The number of hydrogen-bond acceptors (Lipinski definition) is 11. The maximum atomic E-state index is 12.8. The van der Waals surface area contributed by atoms with Crippen LogP contribution in [0, 0.1) is 0 Å². The monoisotopic (exact) mass is 925 g/mol. The number of carbonyl (C=O) groups excluding carboxylic acids is 1. The number of rotatable bonds is 41. The summed E-state index contributed by atoms with van der Waals surface area (Å²) in [6.45, 7) is 4.08. The summed E-state index contributed by atoms with van der Waals surface area (Å²) in [4.78, 5) is 23.2. The third kappa shape index (κ3) is 32.5. The van der Waals surface area contributed by atoms with Crippen LogP contribution in [0.15, 0.2) is 72.9 Å². The zero-order valence-corrected chi connectivity index (χ0v) is 40.5. The summed E-state index contributed by atoms with van der Waals surface area (Å²) in [6, 6.07) is 0. The summed E-state index contributed by atoms with van der Waals surface area (Å²) in [7, 11) is -5.04. The molecular formula is C51H89O12P. The summed E-state index contributed by atoms with van der Waals surface area (Å²) in [5.74, 6) is -0.520. The molecule has 1 aliphatic rings. The van der Waals surface area contributed by atoms with Crippen molar-refractivity contribution in [2.45, 2.75) is 224 Å². The quantitative estimate of drug-likeness (QED) is 0.0147. The van der Waals surface area contributed by atoms with Crippen LogP contribution in [-0.2, 0) is 27.9 Å². The van der Waals surface area contributed by atoms with Gasteiger partial charge in [0.25, 0.3) is 0 Å². The molecule has 0 aromatic rings. The van der Waals surface area contributed by atoms with Gasteiger partial charge in [-0.25, -0.2) is 4.57 Å². The molecule has 1 fully saturated rings. The highest BCUT2D eigenvalue weighted by atomic mass is 31.2. The molecule has 0 amide bonds. The Morgan fingerprint density at radius 3 is 1.41 bits per heavy atom. The van der Waals surface area contributed by atoms with E-state index in [-0.39, 0.29) is 13.0 Å². The summed E-state index contributed by atoms with van der Waals surface area (Å²) >= 11 is 0. The van der Waals surface area contributed by atoms with Crippen molar-refractivity contribution in [3.63, 3.8) is 0 Å². The minimum atomic E-state index is -5.04. The predicted molar refractivity (Wildman–Crippen MR) is 258 cm³/mol. The van der Waals surface area contributed by atoms with E-state index in [9.17, 15) is 39.8 Å². The molecule has 0 spiro atoms. The Balaban J connectivity index is 2.37. The smallest absolute Gasteiger partial charge is 0.457 e. The first-order chi connectivity index (χ1) is 31.0. The maximum Gasteiger partial charge on any atom is 0.472 e. The van der Waals surface area contributed by atoms with E-state index >= 15 is 0 Å². The van der Waals surface area contributed by atoms with E-state index in [2.05, 4.69) is 86.8 Å². The van der Waals surface area contributed by atoms with Gasteiger partial charge >= 0.3 is 13.8 Å². The first-order valence-electron chi connectivity index (χ1n) is 24.8. The number of unbranched alkanes of at least 4 members (excludes halogenated alkanes) is 17. The summed E-state index contributed by atoms with van der Waals surface area (Å²) in [6.07, 6.45) is 41.2. The van der Waals surface area contributed by atoms with E-state index in [1.165, 1.54) is 77.0 Å². The molecule has 0 aromatic heterocycles.